The van der Waals surface area contributed by atoms with Crippen LogP contribution in [0.2, 0.25) is 0 Å². The molecule has 23 heavy (non-hydrogen) atoms. The van der Waals surface area contributed by atoms with Crippen molar-refractivity contribution >= 4 is 34.8 Å². The summed E-state index contributed by atoms with van der Waals surface area (Å²) in [5.41, 5.74) is 2.24. The van der Waals surface area contributed by atoms with Crippen molar-refractivity contribution in [2.45, 2.75) is 5.75 Å². The van der Waals surface area contributed by atoms with E-state index in [1.807, 2.05) is 36.0 Å². The van der Waals surface area contributed by atoms with Crippen LogP contribution < -0.4 is 20.1 Å². The maximum Gasteiger partial charge on any atom is 0.231 e. The first-order valence-electron chi connectivity index (χ1n) is 7.37. The molecule has 6 heteroatoms. The van der Waals surface area contributed by atoms with Crippen LogP contribution in [-0.4, -0.2) is 24.2 Å². The molecule has 0 spiro atoms. The second kappa shape index (κ2) is 8.08. The van der Waals surface area contributed by atoms with E-state index >= 15 is 0 Å². The summed E-state index contributed by atoms with van der Waals surface area (Å²) in [6.45, 7) is 1.11. The number of hydrogen-bond donors (Lipinski definition) is 2. The molecule has 0 saturated carbocycles. The lowest BCUT2D eigenvalue weighted by Gasteiger charge is -2.11. The Morgan fingerprint density at radius 2 is 1.91 bits per heavy atom. The fourth-order valence-electron chi connectivity index (χ4n) is 2.15. The molecule has 3 rings (SSSR count). The van der Waals surface area contributed by atoms with Crippen molar-refractivity contribution < 1.29 is 9.47 Å². The lowest BCUT2D eigenvalue weighted by molar-refractivity contribution is 0.174. The molecule has 0 amide bonds. The molecule has 1 aliphatic rings. The van der Waals surface area contributed by atoms with Crippen molar-refractivity contribution in [1.82, 2.24) is 5.32 Å². The summed E-state index contributed by atoms with van der Waals surface area (Å²) in [7, 11) is 0. The highest BCUT2D eigenvalue weighted by atomic mass is 32.2. The van der Waals surface area contributed by atoms with Crippen LogP contribution in [0.1, 0.15) is 5.56 Å². The molecule has 1 heterocycles. The number of ether oxygens (including phenoxy) is 2. The van der Waals surface area contributed by atoms with Gasteiger partial charge in [0, 0.05) is 29.8 Å². The number of thiocarbonyl (C=S) groups is 1. The van der Waals surface area contributed by atoms with E-state index in [0.29, 0.717) is 5.11 Å². The van der Waals surface area contributed by atoms with Crippen LogP contribution in [0.4, 0.5) is 5.69 Å². The number of thioether (sulfide) groups is 1. The normalized spacial score (nSPS) is 12.0. The van der Waals surface area contributed by atoms with E-state index in [4.69, 9.17) is 21.7 Å². The summed E-state index contributed by atoms with van der Waals surface area (Å²) in [5.74, 6) is 3.53. The Balaban J connectivity index is 1.35. The van der Waals surface area contributed by atoms with E-state index in [-0.39, 0.29) is 6.79 Å². The second-order valence-corrected chi connectivity index (χ2v) is 6.50. The van der Waals surface area contributed by atoms with Crippen LogP contribution in [0, 0.1) is 0 Å². The standard InChI is InChI=1S/C17H18N2O2S2/c22-17(18-8-9-23-11-13-4-2-1-3-5-13)19-14-6-7-15-16(10-14)21-12-20-15/h1-7,10H,8-9,11-12H2,(H2,18,19,22). The zero-order chi connectivity index (χ0) is 15.9. The van der Waals surface area contributed by atoms with E-state index < -0.39 is 0 Å². The number of hydrogen-bond acceptors (Lipinski definition) is 4. The zero-order valence-corrected chi connectivity index (χ0v) is 14.2. The highest BCUT2D eigenvalue weighted by molar-refractivity contribution is 7.98. The minimum atomic E-state index is 0.278. The minimum Gasteiger partial charge on any atom is -0.454 e. The van der Waals surface area contributed by atoms with Gasteiger partial charge in [0.05, 0.1) is 0 Å². The maximum atomic E-state index is 5.35. The van der Waals surface area contributed by atoms with Gasteiger partial charge < -0.3 is 20.1 Å². The van der Waals surface area contributed by atoms with Gasteiger partial charge in [-0.3, -0.25) is 0 Å². The molecule has 0 aromatic heterocycles. The van der Waals surface area contributed by atoms with Crippen LogP contribution in [0.15, 0.2) is 48.5 Å². The van der Waals surface area contributed by atoms with Crippen molar-refractivity contribution in [2.24, 2.45) is 0 Å². The third kappa shape index (κ3) is 4.77. The van der Waals surface area contributed by atoms with Crippen LogP contribution in [0.25, 0.3) is 0 Å². The number of fused-ring (bicyclic) bond motifs is 1. The van der Waals surface area contributed by atoms with Crippen molar-refractivity contribution in [2.75, 3.05) is 24.4 Å². The van der Waals surface area contributed by atoms with Gasteiger partial charge in [0.15, 0.2) is 16.6 Å². The molecule has 0 saturated heterocycles. The zero-order valence-electron chi connectivity index (χ0n) is 12.6. The number of anilines is 1. The average Bonchev–Trinajstić information content (AvgIpc) is 3.03. The molecule has 0 atom stereocenters. The molecule has 0 aliphatic carbocycles. The molecule has 0 fully saturated rings. The van der Waals surface area contributed by atoms with Gasteiger partial charge in [-0.05, 0) is 29.9 Å². The van der Waals surface area contributed by atoms with E-state index in [1.54, 1.807) is 0 Å². The van der Waals surface area contributed by atoms with Gasteiger partial charge in [-0.1, -0.05) is 30.3 Å². The Labute approximate surface area is 145 Å². The Kier molecular flexibility index (Phi) is 5.60. The molecule has 0 unspecified atom stereocenters. The Morgan fingerprint density at radius 1 is 1.09 bits per heavy atom. The predicted molar refractivity (Wildman–Crippen MR) is 99.4 cm³/mol. The number of nitrogens with one attached hydrogen (secondary N) is 2. The summed E-state index contributed by atoms with van der Waals surface area (Å²) in [5, 5.41) is 6.98. The summed E-state index contributed by atoms with van der Waals surface area (Å²) in [6, 6.07) is 16.2. The van der Waals surface area contributed by atoms with E-state index in [1.165, 1.54) is 5.56 Å². The number of benzene rings is 2. The van der Waals surface area contributed by atoms with Crippen LogP contribution in [0.5, 0.6) is 11.5 Å². The van der Waals surface area contributed by atoms with Crippen molar-refractivity contribution in [1.29, 1.82) is 0 Å². The third-order valence-corrected chi connectivity index (χ3v) is 4.55. The molecule has 120 valence electrons. The van der Waals surface area contributed by atoms with Gasteiger partial charge >= 0.3 is 0 Å². The van der Waals surface area contributed by atoms with Gasteiger partial charge in [-0.15, -0.1) is 0 Å². The van der Waals surface area contributed by atoms with E-state index in [9.17, 15) is 0 Å². The predicted octanol–water partition coefficient (Wildman–Crippen LogP) is 3.64. The molecule has 2 aromatic rings. The van der Waals surface area contributed by atoms with Crippen LogP contribution >= 0.6 is 24.0 Å². The molecule has 2 aromatic carbocycles. The SMILES string of the molecule is S=C(NCCSCc1ccccc1)Nc1ccc2c(c1)OCO2. The molecule has 0 bridgehead atoms. The molecule has 2 N–H and O–H groups in total. The van der Waals surface area contributed by atoms with Crippen LogP contribution in [-0.2, 0) is 5.75 Å². The summed E-state index contributed by atoms with van der Waals surface area (Å²) >= 11 is 7.19. The summed E-state index contributed by atoms with van der Waals surface area (Å²) in [4.78, 5) is 0. The first kappa shape index (κ1) is 16.0. The maximum absolute atomic E-state index is 5.35. The van der Waals surface area contributed by atoms with Gasteiger partial charge in [0.1, 0.15) is 0 Å². The average molecular weight is 346 g/mol. The topological polar surface area (TPSA) is 42.5 Å². The van der Waals surface area contributed by atoms with Crippen molar-refractivity contribution in [3.63, 3.8) is 0 Å². The van der Waals surface area contributed by atoms with Gasteiger partial charge in [-0.25, -0.2) is 0 Å². The van der Waals surface area contributed by atoms with Gasteiger partial charge in [0.2, 0.25) is 6.79 Å². The quantitative estimate of drug-likeness (QED) is 0.615. The summed E-state index contributed by atoms with van der Waals surface area (Å²) < 4.78 is 10.6. The Morgan fingerprint density at radius 3 is 2.78 bits per heavy atom. The fourth-order valence-corrected chi connectivity index (χ4v) is 3.19. The van der Waals surface area contributed by atoms with Crippen molar-refractivity contribution in [3.05, 3.63) is 54.1 Å². The monoisotopic (exact) mass is 346 g/mol. The Bertz CT molecular complexity index is 665. The number of rotatable bonds is 6. The lowest BCUT2D eigenvalue weighted by Crippen LogP contribution is -2.30. The molecule has 0 radical (unpaired) electrons. The van der Waals surface area contributed by atoms with Crippen LogP contribution in [0.3, 0.4) is 0 Å². The molecule has 4 nitrogen and oxygen atoms in total. The van der Waals surface area contributed by atoms with E-state index in [2.05, 4.69) is 34.9 Å². The lowest BCUT2D eigenvalue weighted by atomic mass is 10.2. The molecular formula is C17H18N2O2S2. The highest BCUT2D eigenvalue weighted by Gasteiger charge is 2.13. The van der Waals surface area contributed by atoms with Gasteiger partial charge in [-0.2, -0.15) is 11.8 Å². The van der Waals surface area contributed by atoms with Gasteiger partial charge in [0.25, 0.3) is 0 Å². The first-order valence-corrected chi connectivity index (χ1v) is 8.94. The van der Waals surface area contributed by atoms with E-state index in [0.717, 1.165) is 35.2 Å². The molecular weight excluding hydrogens is 328 g/mol. The first-order chi connectivity index (χ1) is 11.3. The van der Waals surface area contributed by atoms with Crippen molar-refractivity contribution in [3.8, 4) is 11.5 Å². The fraction of sp³-hybridized carbons (Fsp3) is 0.235. The minimum absolute atomic E-state index is 0.278. The highest BCUT2D eigenvalue weighted by Crippen LogP contribution is 2.34. The second-order valence-electron chi connectivity index (χ2n) is 4.99. The smallest absolute Gasteiger partial charge is 0.231 e. The largest absolute Gasteiger partial charge is 0.454 e. The third-order valence-electron chi connectivity index (χ3n) is 3.27. The molecule has 1 aliphatic heterocycles. The summed E-state index contributed by atoms with van der Waals surface area (Å²) in [6.07, 6.45) is 0. The Hall–Kier alpha value is -1.92.